The van der Waals surface area contributed by atoms with Crippen LogP contribution in [0.4, 0.5) is 0 Å². The van der Waals surface area contributed by atoms with Crippen LogP contribution in [0.15, 0.2) is 29.3 Å². The summed E-state index contributed by atoms with van der Waals surface area (Å²) in [4.78, 5) is 6.84. The number of aliphatic imine (C=N–C) groups is 1. The van der Waals surface area contributed by atoms with Gasteiger partial charge in [0.15, 0.2) is 5.96 Å². The first-order valence-corrected chi connectivity index (χ1v) is 10.3. The van der Waals surface area contributed by atoms with Crippen LogP contribution in [0.5, 0.6) is 0 Å². The van der Waals surface area contributed by atoms with E-state index in [0.29, 0.717) is 0 Å². The van der Waals surface area contributed by atoms with Gasteiger partial charge in [-0.15, -0.1) is 0 Å². The van der Waals surface area contributed by atoms with Crippen LogP contribution in [-0.4, -0.2) is 49.6 Å². The number of likely N-dealkylation sites (tertiary alicyclic amines) is 1. The highest BCUT2D eigenvalue weighted by molar-refractivity contribution is 7.98. The van der Waals surface area contributed by atoms with E-state index < -0.39 is 0 Å². The number of guanidine groups is 1. The molecule has 1 aliphatic rings. The second-order valence-corrected chi connectivity index (χ2v) is 7.63. The molecule has 1 unspecified atom stereocenters. The van der Waals surface area contributed by atoms with Crippen LogP contribution in [0.3, 0.4) is 0 Å². The minimum atomic E-state index is 0.806. The predicted octanol–water partition coefficient (Wildman–Crippen LogP) is 2.95. The summed E-state index contributed by atoms with van der Waals surface area (Å²) in [6, 6.07) is 8.98. The van der Waals surface area contributed by atoms with Gasteiger partial charge in [-0.3, -0.25) is 9.89 Å². The molecule has 0 radical (unpaired) electrons. The lowest BCUT2D eigenvalue weighted by Gasteiger charge is -2.30. The number of benzene rings is 1. The SMILES string of the molecule is CN=C(NCCSC)NCc1ccc(CN2CCCC(C)C2)cc1. The maximum absolute atomic E-state index is 4.26. The largest absolute Gasteiger partial charge is 0.356 e. The molecule has 1 fully saturated rings. The second kappa shape index (κ2) is 10.6. The van der Waals surface area contributed by atoms with Crippen molar-refractivity contribution in [2.45, 2.75) is 32.9 Å². The van der Waals surface area contributed by atoms with E-state index in [1.54, 1.807) is 0 Å². The van der Waals surface area contributed by atoms with Crippen molar-refractivity contribution in [3.05, 3.63) is 35.4 Å². The Kier molecular flexibility index (Phi) is 8.47. The third-order valence-corrected chi connectivity index (χ3v) is 5.06. The summed E-state index contributed by atoms with van der Waals surface area (Å²) in [7, 11) is 1.82. The number of hydrogen-bond acceptors (Lipinski definition) is 3. The van der Waals surface area contributed by atoms with Crippen LogP contribution >= 0.6 is 11.8 Å². The Morgan fingerprint density at radius 1 is 1.25 bits per heavy atom. The van der Waals surface area contributed by atoms with Crippen molar-refractivity contribution in [2.24, 2.45) is 10.9 Å². The van der Waals surface area contributed by atoms with Crippen LogP contribution in [0.2, 0.25) is 0 Å². The maximum atomic E-state index is 4.26. The zero-order valence-electron chi connectivity index (χ0n) is 15.3. The standard InChI is InChI=1S/C19H32N4S/c1-16-5-4-11-23(14-16)15-18-8-6-17(7-9-18)13-22-19(20-2)21-10-12-24-3/h6-9,16H,4-5,10-15H2,1-3H3,(H2,20,21,22). The number of thioether (sulfide) groups is 1. The Morgan fingerprint density at radius 2 is 2.00 bits per heavy atom. The highest BCUT2D eigenvalue weighted by atomic mass is 32.2. The summed E-state index contributed by atoms with van der Waals surface area (Å²) in [6.45, 7) is 7.66. The van der Waals surface area contributed by atoms with Crippen molar-refractivity contribution >= 4 is 17.7 Å². The van der Waals surface area contributed by atoms with E-state index in [2.05, 4.69) is 58.0 Å². The molecular formula is C19H32N4S. The quantitative estimate of drug-likeness (QED) is 0.451. The first-order valence-electron chi connectivity index (χ1n) is 8.95. The van der Waals surface area contributed by atoms with Crippen molar-refractivity contribution in [3.8, 4) is 0 Å². The molecular weight excluding hydrogens is 316 g/mol. The highest BCUT2D eigenvalue weighted by Gasteiger charge is 2.15. The Hall–Kier alpha value is -1.20. The number of piperidine rings is 1. The van der Waals surface area contributed by atoms with E-state index in [1.165, 1.54) is 37.1 Å². The summed E-state index contributed by atoms with van der Waals surface area (Å²) < 4.78 is 0. The van der Waals surface area contributed by atoms with Gasteiger partial charge in [0.25, 0.3) is 0 Å². The molecule has 0 spiro atoms. The average Bonchev–Trinajstić information content (AvgIpc) is 2.59. The molecule has 1 aromatic carbocycles. The van der Waals surface area contributed by atoms with Crippen molar-refractivity contribution in [1.29, 1.82) is 0 Å². The van der Waals surface area contributed by atoms with Gasteiger partial charge < -0.3 is 10.6 Å². The molecule has 2 rings (SSSR count). The first-order chi connectivity index (χ1) is 11.7. The average molecular weight is 349 g/mol. The third kappa shape index (κ3) is 6.73. The second-order valence-electron chi connectivity index (χ2n) is 6.64. The first kappa shape index (κ1) is 19.1. The fourth-order valence-corrected chi connectivity index (χ4v) is 3.44. The molecule has 0 bridgehead atoms. The molecule has 1 aromatic rings. The van der Waals surface area contributed by atoms with Crippen LogP contribution in [0.1, 0.15) is 30.9 Å². The molecule has 4 nitrogen and oxygen atoms in total. The highest BCUT2D eigenvalue weighted by Crippen LogP contribution is 2.18. The van der Waals surface area contributed by atoms with E-state index in [9.17, 15) is 0 Å². The van der Waals surface area contributed by atoms with E-state index in [1.807, 2.05) is 18.8 Å². The zero-order chi connectivity index (χ0) is 17.2. The van der Waals surface area contributed by atoms with E-state index in [-0.39, 0.29) is 0 Å². The molecule has 0 amide bonds. The lowest BCUT2D eigenvalue weighted by atomic mass is 9.99. The van der Waals surface area contributed by atoms with Gasteiger partial charge in [-0.05, 0) is 42.7 Å². The van der Waals surface area contributed by atoms with Gasteiger partial charge in [-0.1, -0.05) is 31.2 Å². The number of nitrogens with one attached hydrogen (secondary N) is 2. The molecule has 0 aromatic heterocycles. The van der Waals surface area contributed by atoms with Crippen molar-refractivity contribution < 1.29 is 0 Å². The van der Waals surface area contributed by atoms with Crippen molar-refractivity contribution in [2.75, 3.05) is 38.7 Å². The minimum Gasteiger partial charge on any atom is -0.356 e. The third-order valence-electron chi connectivity index (χ3n) is 4.45. The summed E-state index contributed by atoms with van der Waals surface area (Å²) >= 11 is 1.84. The predicted molar refractivity (Wildman–Crippen MR) is 107 cm³/mol. The Balaban J connectivity index is 1.77. The maximum Gasteiger partial charge on any atom is 0.191 e. The number of rotatable bonds is 7. The van der Waals surface area contributed by atoms with Gasteiger partial charge in [-0.2, -0.15) is 11.8 Å². The lowest BCUT2D eigenvalue weighted by Crippen LogP contribution is -2.37. The van der Waals surface area contributed by atoms with Crippen LogP contribution in [0.25, 0.3) is 0 Å². The van der Waals surface area contributed by atoms with Crippen LogP contribution in [-0.2, 0) is 13.1 Å². The molecule has 24 heavy (non-hydrogen) atoms. The van der Waals surface area contributed by atoms with E-state index in [4.69, 9.17) is 0 Å². The molecule has 5 heteroatoms. The van der Waals surface area contributed by atoms with Gasteiger partial charge in [-0.25, -0.2) is 0 Å². The van der Waals surface area contributed by atoms with Gasteiger partial charge in [0.05, 0.1) is 0 Å². The van der Waals surface area contributed by atoms with Gasteiger partial charge in [0, 0.05) is 39.0 Å². The summed E-state index contributed by atoms with van der Waals surface area (Å²) in [5, 5.41) is 6.69. The van der Waals surface area contributed by atoms with Crippen LogP contribution < -0.4 is 10.6 Å². The number of nitrogens with zero attached hydrogens (tertiary/aromatic N) is 2. The Labute approximate surface area is 151 Å². The lowest BCUT2D eigenvalue weighted by molar-refractivity contribution is 0.176. The molecule has 1 atom stereocenters. The van der Waals surface area contributed by atoms with Crippen LogP contribution in [0, 0.1) is 5.92 Å². The molecule has 1 saturated heterocycles. The van der Waals surface area contributed by atoms with Crippen molar-refractivity contribution in [1.82, 2.24) is 15.5 Å². The topological polar surface area (TPSA) is 39.7 Å². The minimum absolute atomic E-state index is 0.806. The molecule has 2 N–H and O–H groups in total. The Bertz CT molecular complexity index is 501. The van der Waals surface area contributed by atoms with Crippen molar-refractivity contribution in [3.63, 3.8) is 0 Å². The summed E-state index contributed by atoms with van der Waals surface area (Å²) in [5.74, 6) is 2.80. The summed E-state index contributed by atoms with van der Waals surface area (Å²) in [6.07, 6.45) is 4.84. The summed E-state index contributed by atoms with van der Waals surface area (Å²) in [5.41, 5.74) is 2.70. The number of hydrogen-bond donors (Lipinski definition) is 2. The molecule has 1 aliphatic heterocycles. The van der Waals surface area contributed by atoms with Gasteiger partial charge in [0.2, 0.25) is 0 Å². The van der Waals surface area contributed by atoms with E-state index in [0.717, 1.165) is 37.3 Å². The normalized spacial score (nSPS) is 19.3. The van der Waals surface area contributed by atoms with Gasteiger partial charge >= 0.3 is 0 Å². The van der Waals surface area contributed by atoms with E-state index >= 15 is 0 Å². The fourth-order valence-electron chi connectivity index (χ4n) is 3.13. The Morgan fingerprint density at radius 3 is 2.67 bits per heavy atom. The zero-order valence-corrected chi connectivity index (χ0v) is 16.2. The molecule has 0 aliphatic carbocycles. The fraction of sp³-hybridized carbons (Fsp3) is 0.632. The van der Waals surface area contributed by atoms with Gasteiger partial charge in [0.1, 0.15) is 0 Å². The molecule has 1 heterocycles. The monoisotopic (exact) mass is 348 g/mol. The molecule has 0 saturated carbocycles. The smallest absolute Gasteiger partial charge is 0.191 e. The molecule has 134 valence electrons.